The van der Waals surface area contributed by atoms with Crippen LogP contribution in [0, 0.1) is 0 Å². The zero-order valence-electron chi connectivity index (χ0n) is 12.6. The average molecular weight is 354 g/mol. The van der Waals surface area contributed by atoms with Gasteiger partial charge in [-0.2, -0.15) is 0 Å². The van der Waals surface area contributed by atoms with E-state index in [1.165, 1.54) is 12.8 Å². The molecule has 0 radical (unpaired) electrons. The van der Waals surface area contributed by atoms with Crippen LogP contribution < -0.4 is 10.6 Å². The smallest absolute Gasteiger partial charge is 0.238 e. The summed E-state index contributed by atoms with van der Waals surface area (Å²) >= 11 is 3.45. The van der Waals surface area contributed by atoms with Gasteiger partial charge in [-0.1, -0.05) is 19.1 Å². The van der Waals surface area contributed by atoms with Crippen molar-refractivity contribution in [1.82, 2.24) is 10.2 Å². The van der Waals surface area contributed by atoms with Crippen molar-refractivity contribution < 1.29 is 4.79 Å². The number of carbonyl (C=O) groups excluding carboxylic acids is 1. The highest BCUT2D eigenvalue weighted by atomic mass is 79.9. The van der Waals surface area contributed by atoms with Gasteiger partial charge in [0, 0.05) is 17.1 Å². The van der Waals surface area contributed by atoms with Crippen LogP contribution in [0.15, 0.2) is 28.7 Å². The Labute approximate surface area is 135 Å². The lowest BCUT2D eigenvalue weighted by molar-refractivity contribution is -0.117. The molecule has 1 heterocycles. The minimum Gasteiger partial charge on any atom is -0.324 e. The minimum atomic E-state index is 0.0494. The van der Waals surface area contributed by atoms with Crippen molar-refractivity contribution in [3.63, 3.8) is 0 Å². The van der Waals surface area contributed by atoms with E-state index in [0.717, 1.165) is 36.2 Å². The number of nitrogens with one attached hydrogen (secondary N) is 2. The largest absolute Gasteiger partial charge is 0.324 e. The first-order valence-corrected chi connectivity index (χ1v) is 8.48. The summed E-state index contributed by atoms with van der Waals surface area (Å²) in [6.45, 7) is 5.63. The Morgan fingerprint density at radius 2 is 2.29 bits per heavy atom. The standard InChI is InChI=1S/C16H24BrN3O/c1-2-10-20(11-13-6-5-9-18-13)12-16(21)19-15-8-4-3-7-14(15)17/h3-4,7-8,13,18H,2,5-6,9-12H2,1H3,(H,19,21). The Morgan fingerprint density at radius 3 is 2.95 bits per heavy atom. The monoisotopic (exact) mass is 353 g/mol. The molecule has 1 fully saturated rings. The van der Waals surface area contributed by atoms with Crippen molar-refractivity contribution in [3.05, 3.63) is 28.7 Å². The lowest BCUT2D eigenvalue weighted by atomic mass is 10.2. The molecule has 2 rings (SSSR count). The van der Waals surface area contributed by atoms with E-state index in [1.807, 2.05) is 24.3 Å². The van der Waals surface area contributed by atoms with E-state index in [0.29, 0.717) is 12.6 Å². The van der Waals surface area contributed by atoms with Gasteiger partial charge in [-0.3, -0.25) is 9.69 Å². The van der Waals surface area contributed by atoms with Crippen LogP contribution in [0.3, 0.4) is 0 Å². The van der Waals surface area contributed by atoms with E-state index in [4.69, 9.17) is 0 Å². The van der Waals surface area contributed by atoms with Gasteiger partial charge in [0.1, 0.15) is 0 Å². The third-order valence-electron chi connectivity index (χ3n) is 3.70. The van der Waals surface area contributed by atoms with Crippen LogP contribution in [-0.4, -0.2) is 43.0 Å². The Bertz CT molecular complexity index is 461. The van der Waals surface area contributed by atoms with E-state index in [2.05, 4.69) is 38.4 Å². The van der Waals surface area contributed by atoms with Gasteiger partial charge < -0.3 is 10.6 Å². The molecule has 1 aromatic rings. The number of anilines is 1. The lowest BCUT2D eigenvalue weighted by Crippen LogP contribution is -2.41. The van der Waals surface area contributed by atoms with Crippen LogP contribution in [-0.2, 0) is 4.79 Å². The number of halogens is 1. The summed E-state index contributed by atoms with van der Waals surface area (Å²) in [6.07, 6.45) is 3.52. The third kappa shape index (κ3) is 5.41. The first-order chi connectivity index (χ1) is 10.2. The number of nitrogens with zero attached hydrogens (tertiary/aromatic N) is 1. The van der Waals surface area contributed by atoms with Crippen LogP contribution in [0.2, 0.25) is 0 Å². The molecule has 0 bridgehead atoms. The summed E-state index contributed by atoms with van der Waals surface area (Å²) in [6, 6.07) is 8.24. The summed E-state index contributed by atoms with van der Waals surface area (Å²) in [4.78, 5) is 14.5. The highest BCUT2D eigenvalue weighted by Gasteiger charge is 2.19. The van der Waals surface area contributed by atoms with Crippen LogP contribution in [0.25, 0.3) is 0 Å². The molecule has 0 saturated carbocycles. The van der Waals surface area contributed by atoms with Crippen LogP contribution in [0.1, 0.15) is 26.2 Å². The van der Waals surface area contributed by atoms with Crippen LogP contribution in [0.5, 0.6) is 0 Å². The maximum atomic E-state index is 12.2. The molecule has 1 aromatic carbocycles. The molecular weight excluding hydrogens is 330 g/mol. The predicted molar refractivity (Wildman–Crippen MR) is 90.5 cm³/mol. The first-order valence-electron chi connectivity index (χ1n) is 7.69. The maximum Gasteiger partial charge on any atom is 0.238 e. The molecule has 4 nitrogen and oxygen atoms in total. The molecule has 0 aromatic heterocycles. The quantitative estimate of drug-likeness (QED) is 0.792. The lowest BCUT2D eigenvalue weighted by Gasteiger charge is -2.24. The molecule has 1 atom stereocenters. The van der Waals surface area contributed by atoms with Gasteiger partial charge in [-0.25, -0.2) is 0 Å². The second-order valence-electron chi connectivity index (χ2n) is 5.56. The molecular formula is C16H24BrN3O. The Morgan fingerprint density at radius 1 is 1.48 bits per heavy atom. The number of para-hydroxylation sites is 1. The fraction of sp³-hybridized carbons (Fsp3) is 0.562. The molecule has 1 amide bonds. The Hall–Kier alpha value is -0.910. The molecule has 1 aliphatic heterocycles. The molecule has 1 unspecified atom stereocenters. The van der Waals surface area contributed by atoms with Gasteiger partial charge in [-0.15, -0.1) is 0 Å². The van der Waals surface area contributed by atoms with E-state index >= 15 is 0 Å². The number of carbonyl (C=O) groups is 1. The van der Waals surface area contributed by atoms with Crippen molar-refractivity contribution in [1.29, 1.82) is 0 Å². The van der Waals surface area contributed by atoms with E-state index < -0.39 is 0 Å². The maximum absolute atomic E-state index is 12.2. The van der Waals surface area contributed by atoms with Gasteiger partial charge in [0.05, 0.1) is 12.2 Å². The normalized spacial score (nSPS) is 18.1. The topological polar surface area (TPSA) is 44.4 Å². The number of amides is 1. The molecule has 5 heteroatoms. The molecule has 1 aliphatic rings. The van der Waals surface area contributed by atoms with Gasteiger partial charge in [-0.05, 0) is 60.4 Å². The molecule has 116 valence electrons. The third-order valence-corrected chi connectivity index (χ3v) is 4.39. The van der Waals surface area contributed by atoms with Crippen molar-refractivity contribution in [2.45, 2.75) is 32.2 Å². The Balaban J connectivity index is 1.86. The number of hydrogen-bond donors (Lipinski definition) is 2. The van der Waals surface area contributed by atoms with Gasteiger partial charge in [0.15, 0.2) is 0 Å². The molecule has 1 saturated heterocycles. The van der Waals surface area contributed by atoms with Gasteiger partial charge >= 0.3 is 0 Å². The molecule has 2 N–H and O–H groups in total. The second-order valence-corrected chi connectivity index (χ2v) is 6.41. The summed E-state index contributed by atoms with van der Waals surface area (Å²) < 4.78 is 0.915. The van der Waals surface area contributed by atoms with Crippen molar-refractivity contribution in [3.8, 4) is 0 Å². The van der Waals surface area contributed by atoms with Gasteiger partial charge in [0.2, 0.25) is 5.91 Å². The molecule has 21 heavy (non-hydrogen) atoms. The highest BCUT2D eigenvalue weighted by Crippen LogP contribution is 2.21. The number of rotatable bonds is 7. The van der Waals surface area contributed by atoms with E-state index in [9.17, 15) is 4.79 Å². The summed E-state index contributed by atoms with van der Waals surface area (Å²) in [7, 11) is 0. The second kappa shape index (κ2) is 8.51. The highest BCUT2D eigenvalue weighted by molar-refractivity contribution is 9.10. The fourth-order valence-corrected chi connectivity index (χ4v) is 3.11. The minimum absolute atomic E-state index is 0.0494. The Kier molecular flexibility index (Phi) is 6.67. The summed E-state index contributed by atoms with van der Waals surface area (Å²) in [5.74, 6) is 0.0494. The predicted octanol–water partition coefficient (Wildman–Crippen LogP) is 2.85. The molecule has 0 aliphatic carbocycles. The average Bonchev–Trinajstić information content (AvgIpc) is 2.94. The fourth-order valence-electron chi connectivity index (χ4n) is 2.73. The summed E-state index contributed by atoms with van der Waals surface area (Å²) in [5.41, 5.74) is 0.831. The zero-order valence-corrected chi connectivity index (χ0v) is 14.2. The van der Waals surface area contributed by atoms with Crippen LogP contribution in [0.4, 0.5) is 5.69 Å². The van der Waals surface area contributed by atoms with Crippen molar-refractivity contribution >= 4 is 27.5 Å². The first kappa shape index (κ1) is 16.5. The van der Waals surface area contributed by atoms with E-state index in [1.54, 1.807) is 0 Å². The van der Waals surface area contributed by atoms with Crippen molar-refractivity contribution in [2.24, 2.45) is 0 Å². The van der Waals surface area contributed by atoms with Crippen LogP contribution >= 0.6 is 15.9 Å². The summed E-state index contributed by atoms with van der Waals surface area (Å²) in [5, 5.41) is 6.47. The number of benzene rings is 1. The number of hydrogen-bond acceptors (Lipinski definition) is 3. The van der Waals surface area contributed by atoms with Crippen molar-refractivity contribution in [2.75, 3.05) is 31.5 Å². The van der Waals surface area contributed by atoms with Gasteiger partial charge in [0.25, 0.3) is 0 Å². The van der Waals surface area contributed by atoms with E-state index in [-0.39, 0.29) is 5.91 Å². The SMILES string of the molecule is CCCN(CC(=O)Nc1ccccc1Br)CC1CCCN1. The zero-order chi connectivity index (χ0) is 15.1. The molecule has 0 spiro atoms.